The Morgan fingerprint density at radius 2 is 1.96 bits per heavy atom. The quantitative estimate of drug-likeness (QED) is 0.817. The zero-order valence-corrected chi connectivity index (χ0v) is 15.2. The van der Waals surface area contributed by atoms with Gasteiger partial charge in [-0.25, -0.2) is 4.79 Å². The van der Waals surface area contributed by atoms with E-state index in [2.05, 4.69) is 5.32 Å². The van der Waals surface area contributed by atoms with Gasteiger partial charge in [-0.15, -0.1) is 0 Å². The number of carbonyl (C=O) groups excluding carboxylic acids is 1. The smallest absolute Gasteiger partial charge is 0.322 e. The summed E-state index contributed by atoms with van der Waals surface area (Å²) in [4.78, 5) is 14.7. The van der Waals surface area contributed by atoms with E-state index in [1.807, 2.05) is 54.6 Å². The van der Waals surface area contributed by atoms with Gasteiger partial charge < -0.3 is 19.7 Å². The first kappa shape index (κ1) is 18.4. The van der Waals surface area contributed by atoms with Crippen LogP contribution in [-0.2, 0) is 9.47 Å². The van der Waals surface area contributed by atoms with Gasteiger partial charge in [-0.3, -0.25) is 0 Å². The fourth-order valence-electron chi connectivity index (χ4n) is 3.17. The van der Waals surface area contributed by atoms with Crippen LogP contribution < -0.4 is 5.32 Å². The minimum Gasteiger partial charge on any atom is -0.383 e. The summed E-state index contributed by atoms with van der Waals surface area (Å²) >= 11 is 0. The van der Waals surface area contributed by atoms with Gasteiger partial charge in [0.1, 0.15) is 0 Å². The molecule has 0 spiro atoms. The molecule has 26 heavy (non-hydrogen) atoms. The third kappa shape index (κ3) is 4.84. The fourth-order valence-corrected chi connectivity index (χ4v) is 3.17. The number of para-hydroxylation sites is 1. The van der Waals surface area contributed by atoms with Crippen LogP contribution in [0.3, 0.4) is 0 Å². The lowest BCUT2D eigenvalue weighted by atomic mass is 10.0. The number of nitrogens with one attached hydrogen (secondary N) is 1. The van der Waals surface area contributed by atoms with Gasteiger partial charge in [-0.05, 0) is 24.5 Å². The molecule has 0 radical (unpaired) electrons. The molecule has 2 amide bonds. The number of methoxy groups -OCH3 is 1. The van der Waals surface area contributed by atoms with Crippen LogP contribution in [0, 0.1) is 0 Å². The summed E-state index contributed by atoms with van der Waals surface area (Å²) in [5, 5.41) is 3.07. The lowest BCUT2D eigenvalue weighted by Gasteiger charge is -2.26. The van der Waals surface area contributed by atoms with Crippen LogP contribution in [0.25, 0.3) is 11.1 Å². The summed E-state index contributed by atoms with van der Waals surface area (Å²) in [5.74, 6) is 0. The molecule has 0 bridgehead atoms. The van der Waals surface area contributed by atoms with E-state index in [0.29, 0.717) is 19.7 Å². The minimum absolute atomic E-state index is 0.113. The maximum Gasteiger partial charge on any atom is 0.322 e. The predicted molar refractivity (Wildman–Crippen MR) is 103 cm³/mol. The Morgan fingerprint density at radius 3 is 2.69 bits per heavy atom. The number of amides is 2. The van der Waals surface area contributed by atoms with E-state index in [9.17, 15) is 4.79 Å². The number of hydrogen-bond donors (Lipinski definition) is 1. The number of ether oxygens (including phenoxy) is 2. The van der Waals surface area contributed by atoms with Gasteiger partial charge >= 0.3 is 6.03 Å². The van der Waals surface area contributed by atoms with Crippen LogP contribution in [0.5, 0.6) is 0 Å². The third-order valence-electron chi connectivity index (χ3n) is 4.55. The lowest BCUT2D eigenvalue weighted by Crippen LogP contribution is -2.42. The SMILES string of the molecule is COCCN(C[C@H]1CCCO1)C(=O)Nc1ccccc1-c1ccccc1. The van der Waals surface area contributed by atoms with Crippen LogP contribution in [-0.4, -0.2) is 50.4 Å². The van der Waals surface area contributed by atoms with Gasteiger partial charge in [0, 0.05) is 32.4 Å². The van der Waals surface area contributed by atoms with Crippen LogP contribution >= 0.6 is 0 Å². The second-order valence-corrected chi connectivity index (χ2v) is 6.42. The van der Waals surface area contributed by atoms with E-state index in [0.717, 1.165) is 36.3 Å². The van der Waals surface area contributed by atoms with Crippen molar-refractivity contribution in [3.05, 3.63) is 54.6 Å². The minimum atomic E-state index is -0.124. The van der Waals surface area contributed by atoms with Crippen LogP contribution in [0.2, 0.25) is 0 Å². The van der Waals surface area contributed by atoms with Gasteiger partial charge in [0.05, 0.1) is 18.4 Å². The summed E-state index contributed by atoms with van der Waals surface area (Å²) in [6, 6.07) is 17.8. The molecule has 5 nitrogen and oxygen atoms in total. The molecule has 2 aromatic rings. The molecule has 3 rings (SSSR count). The van der Waals surface area contributed by atoms with Crippen molar-refractivity contribution in [1.82, 2.24) is 4.90 Å². The molecule has 1 N–H and O–H groups in total. The maximum absolute atomic E-state index is 12.9. The summed E-state index contributed by atoms with van der Waals surface area (Å²) in [5.41, 5.74) is 2.88. The molecule has 0 unspecified atom stereocenters. The van der Waals surface area contributed by atoms with Gasteiger partial charge in [0.2, 0.25) is 0 Å². The standard InChI is InChI=1S/C21H26N2O3/c1-25-15-13-23(16-18-10-7-14-26-18)21(24)22-20-12-6-5-11-19(20)17-8-3-2-4-9-17/h2-6,8-9,11-12,18H,7,10,13-16H2,1H3,(H,22,24)/t18-/m1/s1. The van der Waals surface area contributed by atoms with Crippen molar-refractivity contribution >= 4 is 11.7 Å². The highest BCUT2D eigenvalue weighted by molar-refractivity contribution is 5.94. The summed E-state index contributed by atoms with van der Waals surface area (Å²) in [7, 11) is 1.65. The molecule has 2 aromatic carbocycles. The van der Waals surface area contributed by atoms with Crippen molar-refractivity contribution in [3.8, 4) is 11.1 Å². The Hall–Kier alpha value is -2.37. The monoisotopic (exact) mass is 354 g/mol. The molecule has 0 aromatic heterocycles. The molecule has 1 aliphatic rings. The molecule has 1 saturated heterocycles. The van der Waals surface area contributed by atoms with Crippen LogP contribution in [0.1, 0.15) is 12.8 Å². The first-order chi connectivity index (χ1) is 12.8. The molecule has 1 aliphatic heterocycles. The number of benzene rings is 2. The van der Waals surface area contributed by atoms with Crippen molar-refractivity contribution < 1.29 is 14.3 Å². The van der Waals surface area contributed by atoms with Crippen molar-refractivity contribution in [2.24, 2.45) is 0 Å². The first-order valence-corrected chi connectivity index (χ1v) is 9.09. The fraction of sp³-hybridized carbons (Fsp3) is 0.381. The first-order valence-electron chi connectivity index (χ1n) is 9.09. The van der Waals surface area contributed by atoms with Crippen molar-refractivity contribution in [3.63, 3.8) is 0 Å². The summed E-state index contributed by atoms with van der Waals surface area (Å²) < 4.78 is 10.9. The van der Waals surface area contributed by atoms with Crippen LogP contribution in [0.15, 0.2) is 54.6 Å². The van der Waals surface area contributed by atoms with E-state index in [1.165, 1.54) is 0 Å². The predicted octanol–water partition coefficient (Wildman–Crippen LogP) is 4.01. The number of carbonyl (C=O) groups is 1. The average Bonchev–Trinajstić information content (AvgIpc) is 3.19. The molecular formula is C21H26N2O3. The van der Waals surface area contributed by atoms with E-state index in [4.69, 9.17) is 9.47 Å². The topological polar surface area (TPSA) is 50.8 Å². The number of hydrogen-bond acceptors (Lipinski definition) is 3. The molecule has 1 atom stereocenters. The second-order valence-electron chi connectivity index (χ2n) is 6.42. The second kappa shape index (κ2) is 9.36. The number of nitrogens with zero attached hydrogens (tertiary/aromatic N) is 1. The van der Waals surface area contributed by atoms with Crippen LogP contribution in [0.4, 0.5) is 10.5 Å². The molecule has 1 fully saturated rings. The Balaban J connectivity index is 1.74. The molecule has 0 saturated carbocycles. The van der Waals surface area contributed by atoms with Crippen molar-refractivity contribution in [2.45, 2.75) is 18.9 Å². The van der Waals surface area contributed by atoms with E-state index >= 15 is 0 Å². The largest absolute Gasteiger partial charge is 0.383 e. The highest BCUT2D eigenvalue weighted by Gasteiger charge is 2.23. The van der Waals surface area contributed by atoms with Crippen molar-refractivity contribution in [2.75, 3.05) is 38.7 Å². The Labute approximate surface area is 154 Å². The third-order valence-corrected chi connectivity index (χ3v) is 4.55. The van der Waals surface area contributed by atoms with Gasteiger partial charge in [-0.1, -0.05) is 48.5 Å². The van der Waals surface area contributed by atoms with E-state index < -0.39 is 0 Å². The highest BCUT2D eigenvalue weighted by Crippen LogP contribution is 2.27. The molecule has 0 aliphatic carbocycles. The van der Waals surface area contributed by atoms with Gasteiger partial charge in [-0.2, -0.15) is 0 Å². The normalized spacial score (nSPS) is 16.4. The van der Waals surface area contributed by atoms with Gasteiger partial charge in [0.25, 0.3) is 0 Å². The maximum atomic E-state index is 12.9. The number of urea groups is 1. The highest BCUT2D eigenvalue weighted by atomic mass is 16.5. The molecule has 138 valence electrons. The summed E-state index contributed by atoms with van der Waals surface area (Å²) in [6.07, 6.45) is 2.17. The lowest BCUT2D eigenvalue weighted by molar-refractivity contribution is 0.0747. The average molecular weight is 354 g/mol. The zero-order chi connectivity index (χ0) is 18.2. The van der Waals surface area contributed by atoms with E-state index in [-0.39, 0.29) is 12.1 Å². The number of anilines is 1. The number of rotatable bonds is 7. The molecule has 5 heteroatoms. The summed E-state index contributed by atoms with van der Waals surface area (Å²) in [6.45, 7) is 2.40. The zero-order valence-electron chi connectivity index (χ0n) is 15.2. The Bertz CT molecular complexity index is 699. The molecule has 1 heterocycles. The van der Waals surface area contributed by atoms with E-state index in [1.54, 1.807) is 12.0 Å². The van der Waals surface area contributed by atoms with Crippen molar-refractivity contribution in [1.29, 1.82) is 0 Å². The molecular weight excluding hydrogens is 328 g/mol. The Morgan fingerprint density at radius 1 is 1.19 bits per heavy atom. The van der Waals surface area contributed by atoms with Gasteiger partial charge in [0.15, 0.2) is 0 Å². The Kier molecular flexibility index (Phi) is 6.63.